The predicted octanol–water partition coefficient (Wildman–Crippen LogP) is 4.40. The molecule has 0 aliphatic heterocycles. The lowest BCUT2D eigenvalue weighted by Crippen LogP contribution is -2.32. The summed E-state index contributed by atoms with van der Waals surface area (Å²) in [5.41, 5.74) is 1.98. The number of fused-ring (bicyclic) bond motifs is 1. The van der Waals surface area contributed by atoms with Crippen LogP contribution in [-0.4, -0.2) is 30.0 Å². The summed E-state index contributed by atoms with van der Waals surface area (Å²) in [4.78, 5) is 23.9. The number of aromatic nitrogens is 2. The van der Waals surface area contributed by atoms with E-state index in [1.807, 2.05) is 12.1 Å². The fourth-order valence-electron chi connectivity index (χ4n) is 3.17. The van der Waals surface area contributed by atoms with E-state index in [0.29, 0.717) is 26.6 Å². The number of benzene rings is 2. The molecule has 0 fully saturated rings. The monoisotopic (exact) mass is 469 g/mol. The van der Waals surface area contributed by atoms with E-state index < -0.39 is 9.84 Å². The van der Waals surface area contributed by atoms with Crippen molar-refractivity contribution in [2.45, 2.75) is 24.8 Å². The van der Waals surface area contributed by atoms with Crippen molar-refractivity contribution >= 4 is 42.4 Å². The van der Waals surface area contributed by atoms with Crippen LogP contribution in [0.1, 0.15) is 18.2 Å². The third-order valence-corrected chi connectivity index (χ3v) is 7.73. The second kappa shape index (κ2) is 9.13. The van der Waals surface area contributed by atoms with Gasteiger partial charge in [0.2, 0.25) is 5.91 Å². The standard InChI is InChI=1S/C23H20FN3O3S2/c1-2-32(29,30)19-9-6-16(7-10-19)13-22(28)27(15-18-5-3-4-12-25-18)23-26-20-11-8-17(24)14-21(20)31-23/h3-12,14H,2,13,15H2,1H3. The SMILES string of the molecule is CCS(=O)(=O)c1ccc(CC(=O)N(Cc2ccccn2)c2nc3ccc(F)cc3s2)cc1. The maximum absolute atomic E-state index is 13.6. The maximum atomic E-state index is 13.6. The number of carbonyl (C=O) groups is 1. The molecule has 2 aromatic carbocycles. The van der Waals surface area contributed by atoms with E-state index in [0.717, 1.165) is 0 Å². The molecule has 2 heterocycles. The van der Waals surface area contributed by atoms with Gasteiger partial charge < -0.3 is 0 Å². The molecule has 6 nitrogen and oxygen atoms in total. The minimum atomic E-state index is -3.30. The number of pyridine rings is 1. The van der Waals surface area contributed by atoms with Crippen LogP contribution in [0.2, 0.25) is 0 Å². The predicted molar refractivity (Wildman–Crippen MR) is 123 cm³/mol. The summed E-state index contributed by atoms with van der Waals surface area (Å²) in [5, 5.41) is 0.450. The van der Waals surface area contributed by atoms with Gasteiger partial charge in [-0.15, -0.1) is 0 Å². The van der Waals surface area contributed by atoms with Gasteiger partial charge in [-0.25, -0.2) is 17.8 Å². The van der Waals surface area contributed by atoms with Crippen molar-refractivity contribution < 1.29 is 17.6 Å². The van der Waals surface area contributed by atoms with E-state index in [-0.39, 0.29) is 35.3 Å². The quantitative estimate of drug-likeness (QED) is 0.401. The van der Waals surface area contributed by atoms with Gasteiger partial charge in [0.1, 0.15) is 5.82 Å². The van der Waals surface area contributed by atoms with Gasteiger partial charge in [-0.2, -0.15) is 0 Å². The van der Waals surface area contributed by atoms with Gasteiger partial charge in [0.25, 0.3) is 0 Å². The van der Waals surface area contributed by atoms with Crippen LogP contribution >= 0.6 is 11.3 Å². The van der Waals surface area contributed by atoms with Crippen molar-refractivity contribution in [1.29, 1.82) is 0 Å². The van der Waals surface area contributed by atoms with E-state index in [1.165, 1.54) is 40.5 Å². The number of anilines is 1. The molecule has 4 rings (SSSR count). The first-order chi connectivity index (χ1) is 15.4. The minimum absolute atomic E-state index is 0.0152. The molecule has 0 aliphatic rings. The molecule has 1 amide bonds. The minimum Gasteiger partial charge on any atom is -0.282 e. The van der Waals surface area contributed by atoms with Crippen LogP contribution in [0.5, 0.6) is 0 Å². The van der Waals surface area contributed by atoms with Crippen molar-refractivity contribution in [3.8, 4) is 0 Å². The normalized spacial score (nSPS) is 11.6. The Balaban J connectivity index is 1.63. The first-order valence-electron chi connectivity index (χ1n) is 9.94. The van der Waals surface area contributed by atoms with Crippen LogP contribution in [0.4, 0.5) is 9.52 Å². The third-order valence-electron chi connectivity index (χ3n) is 4.94. The molecule has 0 bridgehead atoms. The lowest BCUT2D eigenvalue weighted by molar-refractivity contribution is -0.118. The van der Waals surface area contributed by atoms with E-state index in [2.05, 4.69) is 9.97 Å². The second-order valence-corrected chi connectivity index (χ2v) is 10.4. The molecule has 9 heteroatoms. The van der Waals surface area contributed by atoms with Crippen molar-refractivity contribution in [2.75, 3.05) is 10.7 Å². The topological polar surface area (TPSA) is 80.2 Å². The van der Waals surface area contributed by atoms with Crippen molar-refractivity contribution in [3.63, 3.8) is 0 Å². The lowest BCUT2D eigenvalue weighted by atomic mass is 10.1. The third kappa shape index (κ3) is 4.84. The first kappa shape index (κ1) is 22.0. The Bertz CT molecular complexity index is 1350. The Hall–Kier alpha value is -3.17. The fraction of sp³-hybridized carbons (Fsp3) is 0.174. The molecular weight excluding hydrogens is 449 g/mol. The summed E-state index contributed by atoms with van der Waals surface area (Å²) in [5.74, 6) is -0.569. The second-order valence-electron chi connectivity index (χ2n) is 7.13. The van der Waals surface area contributed by atoms with Crippen LogP contribution in [0.3, 0.4) is 0 Å². The highest BCUT2D eigenvalue weighted by Crippen LogP contribution is 2.30. The number of rotatable bonds is 7. The Morgan fingerprint density at radius 3 is 2.56 bits per heavy atom. The number of nitrogens with zero attached hydrogens (tertiary/aromatic N) is 3. The molecule has 0 radical (unpaired) electrons. The average Bonchev–Trinajstić information content (AvgIpc) is 3.21. The molecule has 0 atom stereocenters. The van der Waals surface area contributed by atoms with Crippen molar-refractivity contribution in [1.82, 2.24) is 9.97 Å². The average molecular weight is 470 g/mol. The zero-order chi connectivity index (χ0) is 22.7. The van der Waals surface area contributed by atoms with E-state index in [9.17, 15) is 17.6 Å². The van der Waals surface area contributed by atoms with Gasteiger partial charge in [0.15, 0.2) is 15.0 Å². The van der Waals surface area contributed by atoms with E-state index in [1.54, 1.807) is 37.4 Å². The Morgan fingerprint density at radius 1 is 1.09 bits per heavy atom. The molecule has 0 N–H and O–H groups in total. The summed E-state index contributed by atoms with van der Waals surface area (Å²) in [6.45, 7) is 1.80. The molecule has 0 saturated carbocycles. The van der Waals surface area contributed by atoms with Crippen LogP contribution in [0, 0.1) is 5.82 Å². The molecule has 164 valence electrons. The number of hydrogen-bond acceptors (Lipinski definition) is 6. The number of amides is 1. The molecule has 0 spiro atoms. The first-order valence-corrected chi connectivity index (χ1v) is 12.4. The largest absolute Gasteiger partial charge is 0.282 e. The van der Waals surface area contributed by atoms with Crippen LogP contribution < -0.4 is 4.90 Å². The van der Waals surface area contributed by atoms with Gasteiger partial charge in [-0.05, 0) is 48.0 Å². The smallest absolute Gasteiger partial charge is 0.233 e. The number of halogens is 1. The molecule has 2 aromatic heterocycles. The zero-order valence-corrected chi connectivity index (χ0v) is 18.9. The summed E-state index contributed by atoms with van der Waals surface area (Å²) in [6, 6.07) is 16.1. The molecular formula is C23H20FN3O3S2. The van der Waals surface area contributed by atoms with Gasteiger partial charge >= 0.3 is 0 Å². The lowest BCUT2D eigenvalue weighted by Gasteiger charge is -2.19. The van der Waals surface area contributed by atoms with Gasteiger partial charge in [0.05, 0.1) is 39.5 Å². The molecule has 0 unspecified atom stereocenters. The van der Waals surface area contributed by atoms with Crippen LogP contribution in [-0.2, 0) is 27.6 Å². The van der Waals surface area contributed by atoms with Crippen LogP contribution in [0.25, 0.3) is 10.2 Å². The molecule has 0 saturated heterocycles. The number of hydrogen-bond donors (Lipinski definition) is 0. The maximum Gasteiger partial charge on any atom is 0.233 e. The zero-order valence-electron chi connectivity index (χ0n) is 17.2. The highest BCUT2D eigenvalue weighted by molar-refractivity contribution is 7.91. The number of thiazole rings is 1. The Labute approximate surface area is 189 Å². The molecule has 4 aromatic rings. The fourth-order valence-corrected chi connectivity index (χ4v) is 5.06. The Kier molecular flexibility index (Phi) is 6.29. The van der Waals surface area contributed by atoms with Gasteiger partial charge in [0, 0.05) is 6.20 Å². The van der Waals surface area contributed by atoms with Crippen LogP contribution in [0.15, 0.2) is 71.8 Å². The van der Waals surface area contributed by atoms with Gasteiger partial charge in [-0.1, -0.05) is 36.5 Å². The molecule has 32 heavy (non-hydrogen) atoms. The van der Waals surface area contributed by atoms with E-state index >= 15 is 0 Å². The van der Waals surface area contributed by atoms with Crippen molar-refractivity contribution in [2.24, 2.45) is 0 Å². The summed E-state index contributed by atoms with van der Waals surface area (Å²) in [7, 11) is -3.30. The highest BCUT2D eigenvalue weighted by atomic mass is 32.2. The Morgan fingerprint density at radius 2 is 1.88 bits per heavy atom. The molecule has 0 aliphatic carbocycles. The van der Waals surface area contributed by atoms with Crippen molar-refractivity contribution in [3.05, 3.63) is 83.9 Å². The number of carbonyl (C=O) groups excluding carboxylic acids is 1. The summed E-state index contributed by atoms with van der Waals surface area (Å²) >= 11 is 1.23. The van der Waals surface area contributed by atoms with E-state index in [4.69, 9.17) is 0 Å². The number of sulfone groups is 1. The summed E-state index contributed by atoms with van der Waals surface area (Å²) < 4.78 is 38.3. The highest BCUT2D eigenvalue weighted by Gasteiger charge is 2.21. The van der Waals surface area contributed by atoms with Gasteiger partial charge in [-0.3, -0.25) is 14.7 Å². The summed E-state index contributed by atoms with van der Waals surface area (Å²) in [6.07, 6.45) is 1.71.